The first kappa shape index (κ1) is 15.6. The van der Waals surface area contributed by atoms with Gasteiger partial charge in [0.2, 0.25) is 0 Å². The molecule has 1 saturated carbocycles. The van der Waals surface area contributed by atoms with Crippen LogP contribution in [0.4, 0.5) is 5.82 Å². The Morgan fingerprint density at radius 1 is 1.05 bits per heavy atom. The molecule has 1 N–H and O–H groups in total. The standard InChI is InChI=1S/C16H26ClN3/c1-11-13(17)19-15(16(2,3)4)20-14(11)18-12-9-7-5-6-8-10-12/h12H,5-10H2,1-4H3,(H,18,19,20). The molecule has 20 heavy (non-hydrogen) atoms. The summed E-state index contributed by atoms with van der Waals surface area (Å²) < 4.78 is 0. The van der Waals surface area contributed by atoms with Gasteiger partial charge in [-0.3, -0.25) is 0 Å². The predicted molar refractivity (Wildman–Crippen MR) is 85.6 cm³/mol. The Morgan fingerprint density at radius 3 is 2.20 bits per heavy atom. The van der Waals surface area contributed by atoms with Crippen molar-refractivity contribution in [2.24, 2.45) is 0 Å². The smallest absolute Gasteiger partial charge is 0.137 e. The zero-order chi connectivity index (χ0) is 14.8. The SMILES string of the molecule is Cc1c(Cl)nc(C(C)(C)C)nc1NC1CCCCCC1. The van der Waals surface area contributed by atoms with E-state index in [9.17, 15) is 0 Å². The molecular formula is C16H26ClN3. The second-order valence-corrected chi connectivity index (χ2v) is 7.25. The molecule has 0 aromatic carbocycles. The van der Waals surface area contributed by atoms with E-state index in [2.05, 4.69) is 31.1 Å². The molecule has 1 aromatic rings. The lowest BCUT2D eigenvalue weighted by molar-refractivity contribution is 0.543. The highest BCUT2D eigenvalue weighted by atomic mass is 35.5. The van der Waals surface area contributed by atoms with Gasteiger partial charge in [0.25, 0.3) is 0 Å². The molecule has 0 spiro atoms. The summed E-state index contributed by atoms with van der Waals surface area (Å²) in [6, 6.07) is 0.523. The third kappa shape index (κ3) is 3.85. The van der Waals surface area contributed by atoms with Gasteiger partial charge in [0.15, 0.2) is 0 Å². The summed E-state index contributed by atoms with van der Waals surface area (Å²) in [6.45, 7) is 8.34. The summed E-state index contributed by atoms with van der Waals surface area (Å²) >= 11 is 6.28. The molecule has 1 aliphatic rings. The largest absolute Gasteiger partial charge is 0.367 e. The molecule has 0 saturated heterocycles. The van der Waals surface area contributed by atoms with Crippen LogP contribution in [0.2, 0.25) is 5.15 Å². The van der Waals surface area contributed by atoms with Crippen LogP contribution in [0.15, 0.2) is 0 Å². The van der Waals surface area contributed by atoms with Gasteiger partial charge in [0, 0.05) is 17.0 Å². The molecule has 0 radical (unpaired) electrons. The van der Waals surface area contributed by atoms with E-state index in [0.29, 0.717) is 11.2 Å². The van der Waals surface area contributed by atoms with E-state index in [4.69, 9.17) is 16.6 Å². The van der Waals surface area contributed by atoms with Crippen LogP contribution in [0.5, 0.6) is 0 Å². The van der Waals surface area contributed by atoms with E-state index in [1.165, 1.54) is 38.5 Å². The van der Waals surface area contributed by atoms with Gasteiger partial charge in [-0.15, -0.1) is 0 Å². The van der Waals surface area contributed by atoms with Gasteiger partial charge in [0.05, 0.1) is 0 Å². The van der Waals surface area contributed by atoms with Gasteiger partial charge < -0.3 is 5.32 Å². The van der Waals surface area contributed by atoms with Gasteiger partial charge in [-0.05, 0) is 19.8 Å². The second-order valence-electron chi connectivity index (χ2n) is 6.89. The second kappa shape index (κ2) is 6.30. The van der Waals surface area contributed by atoms with Crippen LogP contribution in [-0.2, 0) is 5.41 Å². The molecule has 0 amide bonds. The van der Waals surface area contributed by atoms with Gasteiger partial charge in [-0.1, -0.05) is 58.1 Å². The summed E-state index contributed by atoms with van der Waals surface area (Å²) in [5.41, 5.74) is 0.876. The zero-order valence-corrected chi connectivity index (χ0v) is 13.8. The summed E-state index contributed by atoms with van der Waals surface area (Å²) in [7, 11) is 0. The molecule has 0 atom stereocenters. The first-order valence-corrected chi connectivity index (χ1v) is 8.07. The van der Waals surface area contributed by atoms with Crippen molar-refractivity contribution in [2.75, 3.05) is 5.32 Å². The number of halogens is 1. The Hall–Kier alpha value is -0.830. The lowest BCUT2D eigenvalue weighted by Gasteiger charge is -2.22. The normalized spacial score (nSPS) is 17.9. The number of nitrogens with one attached hydrogen (secondary N) is 1. The average molecular weight is 296 g/mol. The molecule has 1 heterocycles. The maximum Gasteiger partial charge on any atom is 0.137 e. The summed E-state index contributed by atoms with van der Waals surface area (Å²) in [4.78, 5) is 9.15. The molecule has 1 fully saturated rings. The fourth-order valence-corrected chi connectivity index (χ4v) is 2.75. The van der Waals surface area contributed by atoms with Crippen molar-refractivity contribution in [3.05, 3.63) is 16.5 Å². The Morgan fingerprint density at radius 2 is 1.65 bits per heavy atom. The van der Waals surface area contributed by atoms with Gasteiger partial charge >= 0.3 is 0 Å². The van der Waals surface area contributed by atoms with Crippen molar-refractivity contribution >= 4 is 17.4 Å². The minimum absolute atomic E-state index is 0.0861. The first-order valence-electron chi connectivity index (χ1n) is 7.69. The zero-order valence-electron chi connectivity index (χ0n) is 13.1. The van der Waals surface area contributed by atoms with Crippen molar-refractivity contribution in [2.45, 2.75) is 77.7 Å². The van der Waals surface area contributed by atoms with Gasteiger partial charge in [-0.2, -0.15) is 0 Å². The van der Waals surface area contributed by atoms with Crippen LogP contribution >= 0.6 is 11.6 Å². The monoisotopic (exact) mass is 295 g/mol. The molecule has 4 heteroatoms. The number of hydrogen-bond donors (Lipinski definition) is 1. The van der Waals surface area contributed by atoms with Crippen molar-refractivity contribution in [3.8, 4) is 0 Å². The lowest BCUT2D eigenvalue weighted by Crippen LogP contribution is -2.23. The van der Waals surface area contributed by atoms with Gasteiger partial charge in [-0.25, -0.2) is 9.97 Å². The molecule has 0 unspecified atom stereocenters. The molecule has 3 nitrogen and oxygen atoms in total. The number of rotatable bonds is 2. The van der Waals surface area contributed by atoms with Crippen LogP contribution in [-0.4, -0.2) is 16.0 Å². The number of nitrogens with zero attached hydrogens (tertiary/aromatic N) is 2. The number of anilines is 1. The minimum Gasteiger partial charge on any atom is -0.367 e. The fourth-order valence-electron chi connectivity index (χ4n) is 2.58. The van der Waals surface area contributed by atoms with E-state index in [1.54, 1.807) is 0 Å². The Kier molecular flexibility index (Phi) is 4.90. The maximum atomic E-state index is 6.28. The van der Waals surface area contributed by atoms with Gasteiger partial charge in [0.1, 0.15) is 16.8 Å². The molecule has 2 rings (SSSR count). The molecule has 1 aliphatic carbocycles. The van der Waals surface area contributed by atoms with Crippen LogP contribution < -0.4 is 5.32 Å². The van der Waals surface area contributed by atoms with Crippen molar-refractivity contribution in [1.82, 2.24) is 9.97 Å². The van der Waals surface area contributed by atoms with E-state index >= 15 is 0 Å². The van der Waals surface area contributed by atoms with E-state index in [-0.39, 0.29) is 5.41 Å². The highest BCUT2D eigenvalue weighted by Crippen LogP contribution is 2.28. The predicted octanol–water partition coefficient (Wildman–Crippen LogP) is 4.87. The Balaban J connectivity index is 2.23. The third-order valence-corrected chi connectivity index (χ3v) is 4.32. The highest BCUT2D eigenvalue weighted by molar-refractivity contribution is 6.30. The molecule has 0 aliphatic heterocycles. The number of aromatic nitrogens is 2. The topological polar surface area (TPSA) is 37.8 Å². The summed E-state index contributed by atoms with van der Waals surface area (Å²) in [5, 5.41) is 4.18. The quantitative estimate of drug-likeness (QED) is 0.625. The Labute approximate surface area is 127 Å². The van der Waals surface area contributed by atoms with Crippen LogP contribution in [0.1, 0.15) is 70.7 Å². The Bertz CT molecular complexity index is 458. The van der Waals surface area contributed by atoms with E-state index in [1.807, 2.05) is 6.92 Å². The van der Waals surface area contributed by atoms with Crippen LogP contribution in [0.3, 0.4) is 0 Å². The molecule has 112 valence electrons. The first-order chi connectivity index (χ1) is 9.38. The summed E-state index contributed by atoms with van der Waals surface area (Å²) in [5.74, 6) is 1.73. The van der Waals surface area contributed by atoms with Crippen molar-refractivity contribution < 1.29 is 0 Å². The molecular weight excluding hydrogens is 270 g/mol. The fraction of sp³-hybridized carbons (Fsp3) is 0.750. The van der Waals surface area contributed by atoms with E-state index < -0.39 is 0 Å². The van der Waals surface area contributed by atoms with Crippen LogP contribution in [0, 0.1) is 6.92 Å². The third-order valence-electron chi connectivity index (χ3n) is 3.95. The molecule has 1 aromatic heterocycles. The number of hydrogen-bond acceptors (Lipinski definition) is 3. The van der Waals surface area contributed by atoms with E-state index in [0.717, 1.165) is 17.2 Å². The highest BCUT2D eigenvalue weighted by Gasteiger charge is 2.22. The lowest BCUT2D eigenvalue weighted by atomic mass is 9.95. The minimum atomic E-state index is -0.0861. The van der Waals surface area contributed by atoms with Crippen molar-refractivity contribution in [1.29, 1.82) is 0 Å². The van der Waals surface area contributed by atoms with Crippen LogP contribution in [0.25, 0.3) is 0 Å². The molecule has 0 bridgehead atoms. The maximum absolute atomic E-state index is 6.28. The summed E-state index contributed by atoms with van der Waals surface area (Å²) in [6.07, 6.45) is 7.78. The van der Waals surface area contributed by atoms with Crippen molar-refractivity contribution in [3.63, 3.8) is 0 Å². The average Bonchev–Trinajstić information content (AvgIpc) is 2.62.